The van der Waals surface area contributed by atoms with Gasteiger partial charge in [0.2, 0.25) is 0 Å². The first kappa shape index (κ1) is 29.6. The summed E-state index contributed by atoms with van der Waals surface area (Å²) in [6.45, 7) is -0.390. The summed E-state index contributed by atoms with van der Waals surface area (Å²) in [6.07, 6.45) is 1.59. The number of amides is 2. The molecule has 3 aromatic rings. The molecular weight excluding hydrogens is 550 g/mol. The van der Waals surface area contributed by atoms with Gasteiger partial charge in [0, 0.05) is 26.8 Å². The van der Waals surface area contributed by atoms with Gasteiger partial charge in [0.1, 0.15) is 11.4 Å². The fourth-order valence-electron chi connectivity index (χ4n) is 4.91. The quantitative estimate of drug-likeness (QED) is 0.208. The van der Waals surface area contributed by atoms with Gasteiger partial charge in [-0.25, -0.2) is 4.79 Å². The number of methoxy groups -OCH3 is 1. The topological polar surface area (TPSA) is 107 Å². The van der Waals surface area contributed by atoms with E-state index >= 15 is 0 Å². The summed E-state index contributed by atoms with van der Waals surface area (Å²) in [4.78, 5) is 43.6. The first-order valence-corrected chi connectivity index (χ1v) is 13.7. The van der Waals surface area contributed by atoms with E-state index in [1.807, 2.05) is 80.8 Å². The van der Waals surface area contributed by atoms with E-state index in [1.165, 1.54) is 12.0 Å². The fourth-order valence-corrected chi connectivity index (χ4v) is 4.91. The Morgan fingerprint density at radius 3 is 2.14 bits per heavy atom. The Kier molecular flexibility index (Phi) is 8.89. The molecule has 0 spiro atoms. The maximum absolute atomic E-state index is 14.0. The van der Waals surface area contributed by atoms with Gasteiger partial charge in [0.05, 0.1) is 6.61 Å². The number of nitrogens with zero attached hydrogens (tertiary/aromatic N) is 2. The number of ether oxygens (including phenoxy) is 4. The van der Waals surface area contributed by atoms with Gasteiger partial charge >= 0.3 is 5.97 Å². The molecule has 0 aliphatic carbocycles. The molecule has 10 nitrogen and oxygen atoms in total. The molecule has 43 heavy (non-hydrogen) atoms. The second-order valence-electron chi connectivity index (χ2n) is 10.2. The van der Waals surface area contributed by atoms with Crippen molar-refractivity contribution >= 4 is 17.8 Å². The maximum Gasteiger partial charge on any atom is 0.356 e. The molecule has 3 aromatic carbocycles. The lowest BCUT2D eigenvalue weighted by Crippen LogP contribution is -2.82. The van der Waals surface area contributed by atoms with Crippen LogP contribution in [-0.4, -0.2) is 74.0 Å². The van der Waals surface area contributed by atoms with Crippen LogP contribution in [-0.2, 0) is 28.6 Å². The Bertz CT molecular complexity index is 1470. The summed E-state index contributed by atoms with van der Waals surface area (Å²) < 4.78 is 23.2. The lowest BCUT2D eigenvalue weighted by molar-refractivity contribution is -0.258. The van der Waals surface area contributed by atoms with Crippen molar-refractivity contribution in [3.8, 4) is 5.75 Å². The maximum atomic E-state index is 14.0. The number of benzene rings is 3. The predicted molar refractivity (Wildman–Crippen MR) is 157 cm³/mol. The summed E-state index contributed by atoms with van der Waals surface area (Å²) >= 11 is 0. The number of hydrogen-bond donors (Lipinski definition) is 1. The molecule has 10 heteroatoms. The highest BCUT2D eigenvalue weighted by atomic mass is 16.6. The molecule has 1 saturated heterocycles. The van der Waals surface area contributed by atoms with Gasteiger partial charge in [-0.3, -0.25) is 14.5 Å². The zero-order valence-electron chi connectivity index (χ0n) is 24.1. The van der Waals surface area contributed by atoms with E-state index in [0.29, 0.717) is 11.3 Å². The van der Waals surface area contributed by atoms with Crippen LogP contribution < -0.4 is 10.1 Å². The summed E-state index contributed by atoms with van der Waals surface area (Å²) in [5.74, 6) is -1.49. The lowest BCUT2D eigenvalue weighted by atomic mass is 9.94. The van der Waals surface area contributed by atoms with Gasteiger partial charge in [-0.15, -0.1) is 0 Å². The van der Waals surface area contributed by atoms with E-state index in [2.05, 4.69) is 5.32 Å². The van der Waals surface area contributed by atoms with Gasteiger partial charge < -0.3 is 29.2 Å². The third kappa shape index (κ3) is 6.15. The monoisotopic (exact) mass is 583 g/mol. The second-order valence-corrected chi connectivity index (χ2v) is 10.2. The third-order valence-electron chi connectivity index (χ3n) is 7.02. The van der Waals surface area contributed by atoms with Crippen molar-refractivity contribution in [3.05, 3.63) is 126 Å². The number of hydrogen-bond acceptors (Lipinski definition) is 8. The van der Waals surface area contributed by atoms with E-state index in [1.54, 1.807) is 41.4 Å². The lowest BCUT2D eigenvalue weighted by Gasteiger charge is -2.55. The SMILES string of the molecule is CO[C@]1(NC(=O)COc2ccccc2)C(=O)N2C(C(=O)OC(c3ccccc3)c3ccccc3)=C(/C=C/N(C)C)COC21. The van der Waals surface area contributed by atoms with Gasteiger partial charge in [-0.1, -0.05) is 78.9 Å². The van der Waals surface area contributed by atoms with Crippen LogP contribution in [0.1, 0.15) is 17.2 Å². The number of nitrogens with one attached hydrogen (secondary N) is 1. The Hall–Kier alpha value is -4.93. The first-order valence-electron chi connectivity index (χ1n) is 13.7. The molecule has 0 radical (unpaired) electrons. The highest BCUT2D eigenvalue weighted by Crippen LogP contribution is 2.41. The number of β-lactam (4-membered cyclic amide) rings is 1. The van der Waals surface area contributed by atoms with Crippen LogP contribution in [0.2, 0.25) is 0 Å². The molecule has 1 N–H and O–H groups in total. The van der Waals surface area contributed by atoms with E-state index in [9.17, 15) is 14.4 Å². The number of fused-ring (bicyclic) bond motifs is 1. The van der Waals surface area contributed by atoms with Crippen LogP contribution in [0, 0.1) is 0 Å². The van der Waals surface area contributed by atoms with Crippen molar-refractivity contribution in [2.75, 3.05) is 34.4 Å². The van der Waals surface area contributed by atoms with E-state index < -0.39 is 35.8 Å². The number of para-hydroxylation sites is 1. The molecular formula is C33H33N3O7. The Labute approximate surface area is 250 Å². The van der Waals surface area contributed by atoms with Gasteiger partial charge in [0.25, 0.3) is 17.5 Å². The highest BCUT2D eigenvalue weighted by molar-refractivity contribution is 6.04. The molecule has 2 aliphatic rings. The minimum absolute atomic E-state index is 0.0127. The average molecular weight is 584 g/mol. The molecule has 222 valence electrons. The zero-order chi connectivity index (χ0) is 30.4. The Balaban J connectivity index is 1.42. The molecule has 1 unspecified atom stereocenters. The van der Waals surface area contributed by atoms with Crippen LogP contribution in [0.15, 0.2) is 115 Å². The van der Waals surface area contributed by atoms with E-state index in [4.69, 9.17) is 18.9 Å². The number of esters is 1. The van der Waals surface area contributed by atoms with Crippen molar-refractivity contribution in [2.24, 2.45) is 0 Å². The summed E-state index contributed by atoms with van der Waals surface area (Å²) in [7, 11) is 4.96. The van der Waals surface area contributed by atoms with Crippen LogP contribution in [0.25, 0.3) is 0 Å². The molecule has 2 heterocycles. The second kappa shape index (κ2) is 12.9. The summed E-state index contributed by atoms with van der Waals surface area (Å²) in [6, 6.07) is 27.5. The molecule has 2 atom stereocenters. The predicted octanol–water partition coefficient (Wildman–Crippen LogP) is 3.39. The van der Waals surface area contributed by atoms with Crippen LogP contribution in [0.3, 0.4) is 0 Å². The van der Waals surface area contributed by atoms with Crippen LogP contribution >= 0.6 is 0 Å². The standard InChI is InChI=1S/C33H33N3O7/c1-35(2)20-19-25-21-42-32-33(40-3,34-27(37)22-41-26-17-11-6-12-18-26)31(39)36(32)28(25)30(38)43-29(23-13-7-4-8-14-23)24-15-9-5-10-16-24/h4-20,29,32H,21-22H2,1-3H3,(H,34,37)/b20-19+/t32?,33-/m1/s1. The number of carbonyl (C=O) groups excluding carboxylic acids is 3. The molecule has 0 bridgehead atoms. The summed E-state index contributed by atoms with van der Waals surface area (Å²) in [5, 5.41) is 2.61. The third-order valence-corrected chi connectivity index (χ3v) is 7.02. The number of rotatable bonds is 11. The van der Waals surface area contributed by atoms with Crippen molar-refractivity contribution < 1.29 is 33.3 Å². The van der Waals surface area contributed by atoms with Crippen LogP contribution in [0.5, 0.6) is 5.75 Å². The van der Waals surface area contributed by atoms with Crippen molar-refractivity contribution in [1.82, 2.24) is 15.1 Å². The molecule has 0 aromatic heterocycles. The normalized spacial score (nSPS) is 19.6. The highest BCUT2D eigenvalue weighted by Gasteiger charge is 2.67. The van der Waals surface area contributed by atoms with E-state index in [0.717, 1.165) is 11.1 Å². The van der Waals surface area contributed by atoms with Gasteiger partial charge in [0.15, 0.2) is 18.9 Å². The van der Waals surface area contributed by atoms with Crippen molar-refractivity contribution in [2.45, 2.75) is 18.1 Å². The number of carbonyl (C=O) groups is 3. The Morgan fingerprint density at radius 2 is 1.58 bits per heavy atom. The zero-order valence-corrected chi connectivity index (χ0v) is 24.1. The minimum atomic E-state index is -1.85. The largest absolute Gasteiger partial charge is 0.484 e. The first-order chi connectivity index (χ1) is 20.8. The molecule has 1 fully saturated rings. The van der Waals surface area contributed by atoms with E-state index in [-0.39, 0.29) is 18.9 Å². The smallest absolute Gasteiger partial charge is 0.356 e. The molecule has 2 amide bonds. The molecule has 2 aliphatic heterocycles. The van der Waals surface area contributed by atoms with Gasteiger partial charge in [-0.2, -0.15) is 0 Å². The fraction of sp³-hybridized carbons (Fsp3) is 0.242. The Morgan fingerprint density at radius 1 is 1.00 bits per heavy atom. The minimum Gasteiger partial charge on any atom is -0.484 e. The molecule has 5 rings (SSSR count). The van der Waals surface area contributed by atoms with Crippen LogP contribution in [0.4, 0.5) is 0 Å². The molecule has 0 saturated carbocycles. The van der Waals surface area contributed by atoms with Gasteiger partial charge in [-0.05, 0) is 35.5 Å². The van der Waals surface area contributed by atoms with Crippen molar-refractivity contribution in [3.63, 3.8) is 0 Å². The summed E-state index contributed by atoms with van der Waals surface area (Å²) in [5.41, 5.74) is 0.134. The van der Waals surface area contributed by atoms with Crippen molar-refractivity contribution in [1.29, 1.82) is 0 Å². The average Bonchev–Trinajstić information content (AvgIpc) is 3.04.